The zero-order chi connectivity index (χ0) is 17.1. The van der Waals surface area contributed by atoms with Crippen LogP contribution >= 0.6 is 0 Å². The van der Waals surface area contributed by atoms with Gasteiger partial charge in [0.1, 0.15) is 11.5 Å². The Hall–Kier alpha value is -1.84. The summed E-state index contributed by atoms with van der Waals surface area (Å²) >= 11 is 0. The van der Waals surface area contributed by atoms with Crippen LogP contribution in [0, 0.1) is 0 Å². The molecular weight excluding hydrogens is 290 g/mol. The van der Waals surface area contributed by atoms with Crippen LogP contribution < -0.4 is 9.64 Å². The summed E-state index contributed by atoms with van der Waals surface area (Å²) in [5, 5.41) is 0. The van der Waals surface area contributed by atoms with E-state index in [0.717, 1.165) is 50.0 Å². The maximum absolute atomic E-state index is 12.2. The largest absolute Gasteiger partial charge is 0.497 e. The van der Waals surface area contributed by atoms with Gasteiger partial charge in [-0.15, -0.1) is 0 Å². The summed E-state index contributed by atoms with van der Waals surface area (Å²) in [6.07, 6.45) is 7.66. The number of rotatable bonds is 11. The van der Waals surface area contributed by atoms with Crippen molar-refractivity contribution < 1.29 is 14.3 Å². The molecule has 0 N–H and O–H groups in total. The van der Waals surface area contributed by atoms with E-state index in [1.54, 1.807) is 18.9 Å². The van der Waals surface area contributed by atoms with E-state index in [1.165, 1.54) is 0 Å². The third kappa shape index (κ3) is 7.82. The van der Waals surface area contributed by atoms with Crippen molar-refractivity contribution in [2.75, 3.05) is 19.1 Å². The lowest BCUT2D eigenvalue weighted by molar-refractivity contribution is -0.118. The van der Waals surface area contributed by atoms with E-state index in [9.17, 15) is 9.59 Å². The molecule has 1 aromatic carbocycles. The predicted molar refractivity (Wildman–Crippen MR) is 94.0 cm³/mol. The number of anilines is 1. The van der Waals surface area contributed by atoms with Crippen molar-refractivity contribution >= 4 is 17.4 Å². The summed E-state index contributed by atoms with van der Waals surface area (Å²) in [5.41, 5.74) is 0.889. The fraction of sp³-hybridized carbons (Fsp3) is 0.579. The Morgan fingerprint density at radius 1 is 0.913 bits per heavy atom. The molecule has 0 heterocycles. The number of hydrogen-bond acceptors (Lipinski definition) is 3. The molecule has 1 amide bonds. The number of carbonyl (C=O) groups is 2. The first-order chi connectivity index (χ1) is 11.0. The fourth-order valence-corrected chi connectivity index (χ4v) is 2.47. The van der Waals surface area contributed by atoms with Crippen LogP contribution in [0.4, 0.5) is 5.69 Å². The molecule has 0 saturated heterocycles. The van der Waals surface area contributed by atoms with Crippen molar-refractivity contribution in [1.29, 1.82) is 0 Å². The second-order valence-corrected chi connectivity index (χ2v) is 5.97. The lowest BCUT2D eigenvalue weighted by Gasteiger charge is -2.17. The van der Waals surface area contributed by atoms with Gasteiger partial charge in [-0.2, -0.15) is 0 Å². The first-order valence-corrected chi connectivity index (χ1v) is 8.44. The predicted octanol–water partition coefficient (Wildman–Crippen LogP) is 4.37. The van der Waals surface area contributed by atoms with Gasteiger partial charge in [0.2, 0.25) is 5.91 Å². The lowest BCUT2D eigenvalue weighted by Crippen LogP contribution is -2.25. The van der Waals surface area contributed by atoms with Crippen molar-refractivity contribution in [3.63, 3.8) is 0 Å². The van der Waals surface area contributed by atoms with Gasteiger partial charge in [-0.05, 0) is 44.0 Å². The monoisotopic (exact) mass is 319 g/mol. The molecule has 0 atom stereocenters. The van der Waals surface area contributed by atoms with E-state index in [1.807, 2.05) is 31.3 Å². The van der Waals surface area contributed by atoms with Crippen LogP contribution in [-0.2, 0) is 9.59 Å². The van der Waals surface area contributed by atoms with E-state index in [-0.39, 0.29) is 11.7 Å². The molecule has 0 radical (unpaired) electrons. The molecule has 0 unspecified atom stereocenters. The summed E-state index contributed by atoms with van der Waals surface area (Å²) in [5.74, 6) is 1.21. The normalized spacial score (nSPS) is 10.4. The van der Waals surface area contributed by atoms with Crippen LogP contribution in [0.15, 0.2) is 24.3 Å². The lowest BCUT2D eigenvalue weighted by atomic mass is 10.1. The van der Waals surface area contributed by atoms with Crippen LogP contribution in [-0.4, -0.2) is 25.8 Å². The molecule has 0 fully saturated rings. The highest BCUT2D eigenvalue weighted by atomic mass is 16.5. The Kier molecular flexibility index (Phi) is 9.03. The second kappa shape index (κ2) is 10.8. The molecule has 128 valence electrons. The molecule has 0 aliphatic rings. The van der Waals surface area contributed by atoms with Gasteiger partial charge in [0, 0.05) is 25.6 Å². The summed E-state index contributed by atoms with van der Waals surface area (Å²) < 4.78 is 5.12. The first-order valence-electron chi connectivity index (χ1n) is 8.44. The quantitative estimate of drug-likeness (QED) is 0.569. The van der Waals surface area contributed by atoms with Crippen molar-refractivity contribution in [1.82, 2.24) is 0 Å². The van der Waals surface area contributed by atoms with Crippen molar-refractivity contribution in [2.45, 2.75) is 58.3 Å². The number of unbranched alkanes of at least 4 members (excludes halogenated alkanes) is 5. The Morgan fingerprint density at radius 3 is 1.96 bits per heavy atom. The van der Waals surface area contributed by atoms with E-state index < -0.39 is 0 Å². The number of ether oxygens (including phenoxy) is 1. The SMILES string of the molecule is COc1ccc(N(C)C(=O)CCCCCCCCC(C)=O)cc1. The maximum atomic E-state index is 12.2. The minimum absolute atomic E-state index is 0.145. The van der Waals surface area contributed by atoms with E-state index in [0.29, 0.717) is 12.8 Å². The van der Waals surface area contributed by atoms with Crippen molar-refractivity contribution in [2.24, 2.45) is 0 Å². The summed E-state index contributed by atoms with van der Waals surface area (Å²) in [7, 11) is 3.44. The Balaban J connectivity index is 2.16. The molecule has 0 bridgehead atoms. The maximum Gasteiger partial charge on any atom is 0.226 e. The number of nitrogens with zero attached hydrogens (tertiary/aromatic N) is 1. The van der Waals surface area contributed by atoms with Crippen LogP contribution in [0.5, 0.6) is 5.75 Å². The van der Waals surface area contributed by atoms with E-state index in [4.69, 9.17) is 4.74 Å². The molecule has 0 aliphatic heterocycles. The molecule has 4 nitrogen and oxygen atoms in total. The molecule has 4 heteroatoms. The molecule has 23 heavy (non-hydrogen) atoms. The average Bonchev–Trinajstić information content (AvgIpc) is 2.56. The van der Waals surface area contributed by atoms with Gasteiger partial charge in [-0.1, -0.05) is 25.7 Å². The van der Waals surface area contributed by atoms with Gasteiger partial charge in [0.15, 0.2) is 0 Å². The zero-order valence-electron chi connectivity index (χ0n) is 14.6. The van der Waals surface area contributed by atoms with E-state index in [2.05, 4.69) is 0 Å². The Labute approximate surface area is 139 Å². The Morgan fingerprint density at radius 2 is 1.43 bits per heavy atom. The topological polar surface area (TPSA) is 46.6 Å². The van der Waals surface area contributed by atoms with Gasteiger partial charge < -0.3 is 14.4 Å². The standard InChI is InChI=1S/C19H29NO3/c1-16(21)10-8-6-4-5-7-9-11-19(22)20(2)17-12-14-18(23-3)15-13-17/h12-15H,4-11H2,1-3H3. The first kappa shape index (κ1) is 19.2. The highest BCUT2D eigenvalue weighted by Gasteiger charge is 2.10. The van der Waals surface area contributed by atoms with Crippen LogP contribution in [0.2, 0.25) is 0 Å². The average molecular weight is 319 g/mol. The van der Waals surface area contributed by atoms with Crippen LogP contribution in [0.1, 0.15) is 58.3 Å². The number of carbonyl (C=O) groups excluding carboxylic acids is 2. The highest BCUT2D eigenvalue weighted by molar-refractivity contribution is 5.92. The minimum atomic E-state index is 0.145. The van der Waals surface area contributed by atoms with Crippen molar-refractivity contribution in [3.05, 3.63) is 24.3 Å². The van der Waals surface area contributed by atoms with Crippen LogP contribution in [0.25, 0.3) is 0 Å². The number of Topliss-reactive ketones (excluding diaryl/α,β-unsaturated/α-hetero) is 1. The number of benzene rings is 1. The molecule has 1 rings (SSSR count). The van der Waals surface area contributed by atoms with Gasteiger partial charge in [-0.25, -0.2) is 0 Å². The minimum Gasteiger partial charge on any atom is -0.497 e. The number of hydrogen-bond donors (Lipinski definition) is 0. The zero-order valence-corrected chi connectivity index (χ0v) is 14.6. The van der Waals surface area contributed by atoms with Gasteiger partial charge in [0.05, 0.1) is 7.11 Å². The third-order valence-electron chi connectivity index (χ3n) is 4.00. The number of ketones is 1. The second-order valence-electron chi connectivity index (χ2n) is 5.97. The summed E-state index contributed by atoms with van der Waals surface area (Å²) in [4.78, 5) is 24.7. The summed E-state index contributed by atoms with van der Waals surface area (Å²) in [6.45, 7) is 1.64. The summed E-state index contributed by atoms with van der Waals surface area (Å²) in [6, 6.07) is 7.51. The number of amides is 1. The van der Waals surface area contributed by atoms with Gasteiger partial charge >= 0.3 is 0 Å². The molecule has 0 spiro atoms. The number of methoxy groups -OCH3 is 1. The molecule has 0 aromatic heterocycles. The van der Waals surface area contributed by atoms with Gasteiger partial charge in [-0.3, -0.25) is 4.79 Å². The molecule has 0 saturated carbocycles. The smallest absolute Gasteiger partial charge is 0.226 e. The molecular formula is C19H29NO3. The van der Waals surface area contributed by atoms with Crippen LogP contribution in [0.3, 0.4) is 0 Å². The van der Waals surface area contributed by atoms with E-state index >= 15 is 0 Å². The van der Waals surface area contributed by atoms with Gasteiger partial charge in [0.25, 0.3) is 0 Å². The highest BCUT2D eigenvalue weighted by Crippen LogP contribution is 2.19. The third-order valence-corrected chi connectivity index (χ3v) is 4.00. The molecule has 0 aliphatic carbocycles. The molecule has 1 aromatic rings. The Bertz CT molecular complexity index is 482. The fourth-order valence-electron chi connectivity index (χ4n) is 2.47. The van der Waals surface area contributed by atoms with Crippen molar-refractivity contribution in [3.8, 4) is 5.75 Å².